The van der Waals surface area contributed by atoms with Gasteiger partial charge >= 0.3 is 5.97 Å². The average molecular weight is 415 g/mol. The summed E-state index contributed by atoms with van der Waals surface area (Å²) in [6, 6.07) is 15.4. The first-order valence-corrected chi connectivity index (χ1v) is 10.6. The Bertz CT molecular complexity index is 1040. The number of nitrogens with zero attached hydrogens (tertiary/aromatic N) is 1. The number of carbonyl (C=O) groups is 2. The Labute approximate surface area is 169 Å². The number of hydrogen-bond acceptors (Lipinski definition) is 6. The molecule has 0 spiro atoms. The van der Waals surface area contributed by atoms with Gasteiger partial charge in [0, 0.05) is 24.2 Å². The maximum atomic E-state index is 12.1. The second-order valence-corrected chi connectivity index (χ2v) is 8.07. The predicted octanol–water partition coefficient (Wildman–Crippen LogP) is 2.08. The van der Waals surface area contributed by atoms with Gasteiger partial charge in [0.05, 0.1) is 4.90 Å². The fourth-order valence-electron chi connectivity index (χ4n) is 2.74. The second-order valence-electron chi connectivity index (χ2n) is 6.42. The zero-order valence-electron chi connectivity index (χ0n) is 15.8. The third-order valence-corrected chi connectivity index (χ3v) is 5.59. The van der Waals surface area contributed by atoms with Crippen molar-refractivity contribution in [1.29, 1.82) is 0 Å². The molecule has 1 heterocycles. The maximum Gasteiger partial charge on any atom is 0.306 e. The third kappa shape index (κ3) is 5.20. The predicted molar refractivity (Wildman–Crippen MR) is 108 cm³/mol. The van der Waals surface area contributed by atoms with Crippen molar-refractivity contribution in [3.8, 4) is 0 Å². The zero-order valence-corrected chi connectivity index (χ0v) is 16.6. The molecule has 152 valence electrons. The summed E-state index contributed by atoms with van der Waals surface area (Å²) in [6.45, 7) is 1.74. The van der Waals surface area contributed by atoms with Gasteiger partial charge in [0.25, 0.3) is 15.9 Å². The molecule has 0 saturated carbocycles. The van der Waals surface area contributed by atoms with E-state index in [1.807, 2.05) is 6.07 Å². The number of nitrogens with one attached hydrogen (secondary N) is 2. The standard InChI is InChI=1S/C20H21N3O5S/c1-14(20(25)22-15-8-3-2-4-9-15)28-18(24)12-7-13-21-19-16-10-5-6-11-17(16)29(26,27)23-19/h2-6,8-11,14H,7,12-13H2,1H3,(H,21,23)(H,22,25)/t14-/m1/s1. The molecule has 1 aliphatic rings. The summed E-state index contributed by atoms with van der Waals surface area (Å²) < 4.78 is 31.6. The van der Waals surface area contributed by atoms with Gasteiger partial charge in [-0.3, -0.25) is 19.3 Å². The van der Waals surface area contributed by atoms with E-state index in [0.29, 0.717) is 17.7 Å². The normalized spacial score (nSPS) is 16.5. The smallest absolute Gasteiger partial charge is 0.306 e. The maximum absolute atomic E-state index is 12.1. The largest absolute Gasteiger partial charge is 0.453 e. The monoisotopic (exact) mass is 415 g/mol. The summed E-state index contributed by atoms with van der Waals surface area (Å²) in [7, 11) is -3.58. The molecule has 0 radical (unpaired) electrons. The number of para-hydroxylation sites is 1. The number of sulfonamides is 1. The number of hydrogen-bond donors (Lipinski definition) is 2. The van der Waals surface area contributed by atoms with E-state index in [2.05, 4.69) is 15.0 Å². The molecular formula is C20H21N3O5S. The molecule has 2 aromatic rings. The number of aliphatic imine (C=N–C) groups is 1. The lowest BCUT2D eigenvalue weighted by atomic mass is 10.2. The van der Waals surface area contributed by atoms with Crippen LogP contribution in [0, 0.1) is 0 Å². The van der Waals surface area contributed by atoms with E-state index in [1.165, 1.54) is 13.0 Å². The van der Waals surface area contributed by atoms with Crippen LogP contribution >= 0.6 is 0 Å². The number of carbonyl (C=O) groups excluding carboxylic acids is 2. The van der Waals surface area contributed by atoms with E-state index < -0.39 is 28.0 Å². The van der Waals surface area contributed by atoms with E-state index in [0.717, 1.165) is 0 Å². The highest BCUT2D eigenvalue weighted by atomic mass is 32.2. The van der Waals surface area contributed by atoms with Gasteiger partial charge in [-0.15, -0.1) is 0 Å². The Hall–Kier alpha value is -3.20. The summed E-state index contributed by atoms with van der Waals surface area (Å²) in [5.74, 6) is -0.667. The van der Waals surface area contributed by atoms with E-state index in [4.69, 9.17) is 4.74 Å². The summed E-state index contributed by atoms with van der Waals surface area (Å²) >= 11 is 0. The van der Waals surface area contributed by atoms with Crippen LogP contribution in [-0.2, 0) is 24.3 Å². The molecule has 8 nitrogen and oxygen atoms in total. The average Bonchev–Trinajstić information content (AvgIpc) is 2.96. The van der Waals surface area contributed by atoms with Crippen LogP contribution in [0.2, 0.25) is 0 Å². The van der Waals surface area contributed by atoms with Crippen molar-refractivity contribution < 1.29 is 22.7 Å². The van der Waals surface area contributed by atoms with Crippen molar-refractivity contribution >= 4 is 33.4 Å². The molecule has 1 aliphatic heterocycles. The minimum Gasteiger partial charge on any atom is -0.453 e. The lowest BCUT2D eigenvalue weighted by Gasteiger charge is -2.13. The van der Waals surface area contributed by atoms with Gasteiger partial charge in [0.1, 0.15) is 5.84 Å². The molecule has 2 N–H and O–H groups in total. The van der Waals surface area contributed by atoms with Gasteiger partial charge < -0.3 is 10.1 Å². The van der Waals surface area contributed by atoms with Crippen molar-refractivity contribution in [1.82, 2.24) is 4.72 Å². The minimum absolute atomic E-state index is 0.0636. The molecular weight excluding hydrogens is 394 g/mol. The number of amidine groups is 1. The van der Waals surface area contributed by atoms with Crippen LogP contribution in [0.25, 0.3) is 0 Å². The Morgan fingerprint density at radius 3 is 2.55 bits per heavy atom. The number of esters is 1. The Morgan fingerprint density at radius 1 is 1.10 bits per heavy atom. The molecule has 0 unspecified atom stereocenters. The number of fused-ring (bicyclic) bond motifs is 1. The van der Waals surface area contributed by atoms with Gasteiger partial charge in [0.15, 0.2) is 6.10 Å². The molecule has 1 atom stereocenters. The van der Waals surface area contributed by atoms with Crippen LogP contribution in [0.15, 0.2) is 64.5 Å². The highest BCUT2D eigenvalue weighted by molar-refractivity contribution is 7.90. The van der Waals surface area contributed by atoms with Gasteiger partial charge in [-0.05, 0) is 37.6 Å². The molecule has 9 heteroatoms. The number of rotatable bonds is 7. The van der Waals surface area contributed by atoms with Crippen LogP contribution in [0.4, 0.5) is 5.69 Å². The Morgan fingerprint density at radius 2 is 1.79 bits per heavy atom. The molecule has 0 bridgehead atoms. The van der Waals surface area contributed by atoms with Gasteiger partial charge in [0.2, 0.25) is 0 Å². The summed E-state index contributed by atoms with van der Waals surface area (Å²) in [4.78, 5) is 28.4. The molecule has 29 heavy (non-hydrogen) atoms. The molecule has 0 saturated heterocycles. The highest BCUT2D eigenvalue weighted by Crippen LogP contribution is 2.22. The first-order valence-electron chi connectivity index (χ1n) is 9.09. The number of benzene rings is 2. The van der Waals surface area contributed by atoms with E-state index >= 15 is 0 Å². The third-order valence-electron chi connectivity index (χ3n) is 4.19. The van der Waals surface area contributed by atoms with Gasteiger partial charge in [-0.25, -0.2) is 8.42 Å². The number of ether oxygens (including phenoxy) is 1. The number of anilines is 1. The van der Waals surface area contributed by atoms with Gasteiger partial charge in [-0.1, -0.05) is 30.3 Å². The van der Waals surface area contributed by atoms with Crippen LogP contribution in [0.5, 0.6) is 0 Å². The number of amides is 1. The van der Waals surface area contributed by atoms with Gasteiger partial charge in [-0.2, -0.15) is 0 Å². The topological polar surface area (TPSA) is 114 Å². The molecule has 1 amide bonds. The van der Waals surface area contributed by atoms with E-state index in [9.17, 15) is 18.0 Å². The first kappa shape index (κ1) is 20.5. The van der Waals surface area contributed by atoms with Crippen molar-refractivity contribution in [2.75, 3.05) is 11.9 Å². The quantitative estimate of drug-likeness (QED) is 0.531. The molecule has 0 aliphatic carbocycles. The van der Waals surface area contributed by atoms with Crippen LogP contribution < -0.4 is 10.0 Å². The summed E-state index contributed by atoms with van der Waals surface area (Å²) in [6.07, 6.45) is -0.504. The van der Waals surface area contributed by atoms with Crippen LogP contribution in [0.1, 0.15) is 25.3 Å². The fourth-order valence-corrected chi connectivity index (χ4v) is 3.99. The SMILES string of the molecule is C[C@@H](OC(=O)CCCN=C1NS(=O)(=O)c2ccccc21)C(=O)Nc1ccccc1. The van der Waals surface area contributed by atoms with Crippen LogP contribution in [-0.4, -0.2) is 38.8 Å². The summed E-state index contributed by atoms with van der Waals surface area (Å²) in [5, 5.41) is 2.67. The highest BCUT2D eigenvalue weighted by Gasteiger charge is 2.29. The molecule has 0 aromatic heterocycles. The minimum atomic E-state index is -3.58. The fraction of sp³-hybridized carbons (Fsp3) is 0.250. The van der Waals surface area contributed by atoms with Crippen molar-refractivity contribution in [3.05, 3.63) is 60.2 Å². The summed E-state index contributed by atoms with van der Waals surface area (Å²) in [5.41, 5.74) is 1.14. The second kappa shape index (κ2) is 8.87. The van der Waals surface area contributed by atoms with Crippen molar-refractivity contribution in [2.45, 2.75) is 30.8 Å². The Balaban J connectivity index is 1.46. The van der Waals surface area contributed by atoms with Crippen molar-refractivity contribution in [3.63, 3.8) is 0 Å². The van der Waals surface area contributed by atoms with Crippen molar-refractivity contribution in [2.24, 2.45) is 4.99 Å². The Kier molecular flexibility index (Phi) is 6.28. The lowest BCUT2D eigenvalue weighted by molar-refractivity contribution is -0.153. The molecule has 0 fully saturated rings. The van der Waals surface area contributed by atoms with E-state index in [-0.39, 0.29) is 23.7 Å². The lowest BCUT2D eigenvalue weighted by Crippen LogP contribution is -2.30. The van der Waals surface area contributed by atoms with E-state index in [1.54, 1.807) is 42.5 Å². The zero-order chi connectivity index (χ0) is 20.9. The first-order chi connectivity index (χ1) is 13.9. The van der Waals surface area contributed by atoms with Crippen LogP contribution in [0.3, 0.4) is 0 Å². The molecule has 3 rings (SSSR count). The molecule has 2 aromatic carbocycles.